The highest BCUT2D eigenvalue weighted by molar-refractivity contribution is 5.80. The Labute approximate surface area is 152 Å². The Hall–Kier alpha value is -3.15. The Morgan fingerprint density at radius 3 is 2.35 bits per heavy atom. The second-order valence-corrected chi connectivity index (χ2v) is 6.01. The van der Waals surface area contributed by atoms with Crippen molar-refractivity contribution in [2.45, 2.75) is 26.2 Å². The van der Waals surface area contributed by atoms with Crippen LogP contribution in [0.15, 0.2) is 54.9 Å². The number of unbranched alkanes of at least 4 members (excludes halogenated alkanes) is 1. The standard InChI is InChI=1S/C20H22FN5/c1-2-3-6-14-9-11-15(12-10-14)25-19-18(22)20(24-13-23-19)26-17-8-5-4-7-16(17)21/h4-5,7-13H,2-3,6,22H2,1H3,(H2,23,24,25,26). The van der Waals surface area contributed by atoms with Crippen molar-refractivity contribution < 1.29 is 4.39 Å². The molecule has 0 fully saturated rings. The highest BCUT2D eigenvalue weighted by atomic mass is 19.1. The topological polar surface area (TPSA) is 75.9 Å². The molecule has 26 heavy (non-hydrogen) atoms. The van der Waals surface area contributed by atoms with Crippen molar-refractivity contribution in [3.8, 4) is 0 Å². The van der Waals surface area contributed by atoms with Crippen molar-refractivity contribution in [2.24, 2.45) is 0 Å². The highest BCUT2D eigenvalue weighted by Crippen LogP contribution is 2.29. The second-order valence-electron chi connectivity index (χ2n) is 6.01. The van der Waals surface area contributed by atoms with Crippen molar-refractivity contribution >= 4 is 28.7 Å². The van der Waals surface area contributed by atoms with Crippen molar-refractivity contribution in [1.82, 2.24) is 9.97 Å². The molecule has 0 atom stereocenters. The van der Waals surface area contributed by atoms with E-state index >= 15 is 0 Å². The largest absolute Gasteiger partial charge is 0.393 e. The first-order valence-corrected chi connectivity index (χ1v) is 8.65. The molecule has 4 N–H and O–H groups in total. The van der Waals surface area contributed by atoms with Crippen LogP contribution in [0.2, 0.25) is 0 Å². The SMILES string of the molecule is CCCCc1ccc(Nc2ncnc(Nc3ccccc3F)c2N)cc1. The number of nitrogens with two attached hydrogens (primary N) is 1. The second kappa shape index (κ2) is 8.29. The average Bonchev–Trinajstić information content (AvgIpc) is 2.66. The molecule has 1 aromatic heterocycles. The third-order valence-corrected chi connectivity index (χ3v) is 4.05. The number of hydrogen-bond acceptors (Lipinski definition) is 5. The van der Waals surface area contributed by atoms with Crippen LogP contribution in [0.4, 0.5) is 33.1 Å². The summed E-state index contributed by atoms with van der Waals surface area (Å²) >= 11 is 0. The minimum Gasteiger partial charge on any atom is -0.393 e. The van der Waals surface area contributed by atoms with Gasteiger partial charge in [-0.15, -0.1) is 0 Å². The lowest BCUT2D eigenvalue weighted by Crippen LogP contribution is -2.05. The van der Waals surface area contributed by atoms with Gasteiger partial charge in [-0.25, -0.2) is 14.4 Å². The molecule has 3 aromatic rings. The van der Waals surface area contributed by atoms with Crippen molar-refractivity contribution in [2.75, 3.05) is 16.4 Å². The van der Waals surface area contributed by atoms with Gasteiger partial charge in [-0.2, -0.15) is 0 Å². The summed E-state index contributed by atoms with van der Waals surface area (Å²) < 4.78 is 13.8. The van der Waals surface area contributed by atoms with E-state index < -0.39 is 0 Å². The van der Waals surface area contributed by atoms with Crippen molar-refractivity contribution in [3.05, 3.63) is 66.2 Å². The van der Waals surface area contributed by atoms with Gasteiger partial charge in [0.15, 0.2) is 11.6 Å². The van der Waals surface area contributed by atoms with E-state index in [1.165, 1.54) is 30.8 Å². The van der Waals surface area contributed by atoms with Gasteiger partial charge >= 0.3 is 0 Å². The maximum absolute atomic E-state index is 13.8. The zero-order valence-corrected chi connectivity index (χ0v) is 14.7. The molecule has 0 saturated carbocycles. The van der Waals surface area contributed by atoms with Crippen LogP contribution in [-0.2, 0) is 6.42 Å². The molecular formula is C20H22FN5. The van der Waals surface area contributed by atoms with Crippen LogP contribution in [0.1, 0.15) is 25.3 Å². The molecule has 6 heteroatoms. The zero-order valence-electron chi connectivity index (χ0n) is 14.7. The summed E-state index contributed by atoms with van der Waals surface area (Å²) in [7, 11) is 0. The van der Waals surface area contributed by atoms with E-state index in [1.807, 2.05) is 12.1 Å². The molecule has 1 heterocycles. The van der Waals surface area contributed by atoms with Crippen molar-refractivity contribution in [3.63, 3.8) is 0 Å². The Balaban J connectivity index is 1.76. The van der Waals surface area contributed by atoms with Crippen LogP contribution in [0.3, 0.4) is 0 Å². The quantitative estimate of drug-likeness (QED) is 0.557. The predicted molar refractivity (Wildman–Crippen MR) is 104 cm³/mol. The Morgan fingerprint density at radius 2 is 1.65 bits per heavy atom. The Morgan fingerprint density at radius 1 is 0.962 bits per heavy atom. The summed E-state index contributed by atoms with van der Waals surface area (Å²) in [6.45, 7) is 2.18. The van der Waals surface area contributed by atoms with E-state index in [0.29, 0.717) is 23.0 Å². The van der Waals surface area contributed by atoms with E-state index in [-0.39, 0.29) is 5.82 Å². The third-order valence-electron chi connectivity index (χ3n) is 4.05. The first kappa shape index (κ1) is 17.7. The van der Waals surface area contributed by atoms with Gasteiger partial charge in [-0.05, 0) is 42.7 Å². The Kier molecular flexibility index (Phi) is 5.63. The van der Waals surface area contributed by atoms with Crippen LogP contribution in [0, 0.1) is 5.82 Å². The lowest BCUT2D eigenvalue weighted by Gasteiger charge is -2.13. The molecule has 0 aliphatic carbocycles. The van der Waals surface area contributed by atoms with Gasteiger partial charge in [0, 0.05) is 5.69 Å². The van der Waals surface area contributed by atoms with E-state index in [4.69, 9.17) is 5.73 Å². The van der Waals surface area contributed by atoms with Crippen LogP contribution < -0.4 is 16.4 Å². The van der Waals surface area contributed by atoms with E-state index in [1.54, 1.807) is 18.2 Å². The smallest absolute Gasteiger partial charge is 0.159 e. The summed E-state index contributed by atoms with van der Waals surface area (Å²) in [4.78, 5) is 8.30. The molecule has 3 rings (SSSR count). The summed E-state index contributed by atoms with van der Waals surface area (Å²) in [5.41, 5.74) is 8.97. The van der Waals surface area contributed by atoms with Gasteiger partial charge in [0.05, 0.1) is 5.69 Å². The molecule has 0 saturated heterocycles. The molecular weight excluding hydrogens is 329 g/mol. The molecule has 0 aliphatic heterocycles. The van der Waals surface area contributed by atoms with Crippen molar-refractivity contribution in [1.29, 1.82) is 0 Å². The number of aryl methyl sites for hydroxylation is 1. The van der Waals surface area contributed by atoms with E-state index in [0.717, 1.165) is 12.1 Å². The fraction of sp³-hybridized carbons (Fsp3) is 0.200. The highest BCUT2D eigenvalue weighted by Gasteiger charge is 2.10. The number of nitrogens with zero attached hydrogens (tertiary/aromatic N) is 2. The first-order valence-electron chi connectivity index (χ1n) is 8.65. The monoisotopic (exact) mass is 351 g/mol. The van der Waals surface area contributed by atoms with E-state index in [9.17, 15) is 4.39 Å². The minimum absolute atomic E-state index is 0.309. The molecule has 0 amide bonds. The maximum atomic E-state index is 13.8. The molecule has 0 spiro atoms. The summed E-state index contributed by atoms with van der Waals surface area (Å²) in [6.07, 6.45) is 4.81. The number of halogens is 1. The number of nitrogens with one attached hydrogen (secondary N) is 2. The van der Waals surface area contributed by atoms with Crippen LogP contribution in [0.5, 0.6) is 0 Å². The number of para-hydroxylation sites is 1. The van der Waals surface area contributed by atoms with Crippen LogP contribution in [0.25, 0.3) is 0 Å². The fourth-order valence-electron chi connectivity index (χ4n) is 2.56. The molecule has 2 aromatic carbocycles. The number of rotatable bonds is 7. The summed E-state index contributed by atoms with van der Waals surface area (Å²) in [6, 6.07) is 14.5. The van der Waals surface area contributed by atoms with Gasteiger partial charge in [0.25, 0.3) is 0 Å². The molecule has 0 bridgehead atoms. The minimum atomic E-state index is -0.373. The van der Waals surface area contributed by atoms with Gasteiger partial charge in [0.1, 0.15) is 17.8 Å². The third kappa shape index (κ3) is 4.27. The average molecular weight is 351 g/mol. The lowest BCUT2D eigenvalue weighted by atomic mass is 10.1. The van der Waals surface area contributed by atoms with Gasteiger partial charge < -0.3 is 16.4 Å². The predicted octanol–water partition coefficient (Wildman–Crippen LogP) is 5.03. The number of aromatic nitrogens is 2. The van der Waals surface area contributed by atoms with Gasteiger partial charge in [-0.3, -0.25) is 0 Å². The first-order chi connectivity index (χ1) is 12.7. The summed E-state index contributed by atoms with van der Waals surface area (Å²) in [5.74, 6) is 0.454. The molecule has 0 unspecified atom stereocenters. The summed E-state index contributed by atoms with van der Waals surface area (Å²) in [5, 5.41) is 6.09. The Bertz CT molecular complexity index is 864. The normalized spacial score (nSPS) is 10.5. The van der Waals surface area contributed by atoms with Gasteiger partial charge in [0.2, 0.25) is 0 Å². The fourth-order valence-corrected chi connectivity index (χ4v) is 2.56. The van der Waals surface area contributed by atoms with Crippen LogP contribution >= 0.6 is 0 Å². The molecule has 0 aliphatic rings. The maximum Gasteiger partial charge on any atom is 0.159 e. The molecule has 0 radical (unpaired) electrons. The molecule has 134 valence electrons. The number of hydrogen-bond donors (Lipinski definition) is 3. The lowest BCUT2D eigenvalue weighted by molar-refractivity contribution is 0.632. The van der Waals surface area contributed by atoms with Gasteiger partial charge in [-0.1, -0.05) is 37.6 Å². The molecule has 5 nitrogen and oxygen atoms in total. The van der Waals surface area contributed by atoms with E-state index in [2.05, 4.69) is 39.7 Å². The number of benzene rings is 2. The zero-order chi connectivity index (χ0) is 18.4. The number of nitrogen functional groups attached to an aromatic ring is 1. The van der Waals surface area contributed by atoms with Crippen LogP contribution in [-0.4, -0.2) is 9.97 Å². The number of anilines is 5.